The van der Waals surface area contributed by atoms with E-state index in [0.29, 0.717) is 6.54 Å². The molecule has 1 aliphatic rings. The second kappa shape index (κ2) is 7.19. The smallest absolute Gasteiger partial charge is 0.229 e. The number of aryl methyl sites for hydroxylation is 1. The van der Waals surface area contributed by atoms with E-state index in [1.54, 1.807) is 4.90 Å². The van der Waals surface area contributed by atoms with Gasteiger partial charge < -0.3 is 10.2 Å². The third kappa shape index (κ3) is 3.71. The molecule has 0 aromatic heterocycles. The summed E-state index contributed by atoms with van der Waals surface area (Å²) in [5, 5.41) is 2.23. The van der Waals surface area contributed by atoms with E-state index in [9.17, 15) is 22.8 Å². The van der Waals surface area contributed by atoms with E-state index in [1.165, 1.54) is 0 Å². The van der Waals surface area contributed by atoms with Gasteiger partial charge in [0.2, 0.25) is 11.8 Å². The number of halogens is 3. The molecular weight excluding hydrogens is 345 g/mol. The topological polar surface area (TPSA) is 49.4 Å². The molecule has 1 unspecified atom stereocenters. The number of amides is 2. The molecule has 1 saturated heterocycles. The van der Waals surface area contributed by atoms with Crippen LogP contribution in [0, 0.1) is 30.3 Å². The molecule has 3 rings (SSSR count). The summed E-state index contributed by atoms with van der Waals surface area (Å²) in [6.45, 7) is 2.51. The van der Waals surface area contributed by atoms with E-state index in [4.69, 9.17) is 0 Å². The Hall–Kier alpha value is -2.83. The van der Waals surface area contributed by atoms with Crippen molar-refractivity contribution in [1.82, 2.24) is 4.90 Å². The molecule has 136 valence electrons. The minimum atomic E-state index is -1.65. The largest absolute Gasteiger partial charge is 0.338 e. The second-order valence-electron chi connectivity index (χ2n) is 6.38. The van der Waals surface area contributed by atoms with Gasteiger partial charge in [0, 0.05) is 19.5 Å². The molecule has 26 heavy (non-hydrogen) atoms. The van der Waals surface area contributed by atoms with Gasteiger partial charge in [0.25, 0.3) is 0 Å². The number of hydrogen-bond acceptors (Lipinski definition) is 2. The summed E-state index contributed by atoms with van der Waals surface area (Å²) >= 11 is 0. The lowest BCUT2D eigenvalue weighted by Crippen LogP contribution is -2.28. The first-order chi connectivity index (χ1) is 12.3. The zero-order chi connectivity index (χ0) is 18.8. The number of likely N-dealkylation sites (tertiary alicyclic amines) is 1. The first-order valence-electron chi connectivity index (χ1n) is 8.13. The lowest BCUT2D eigenvalue weighted by Gasteiger charge is -2.17. The van der Waals surface area contributed by atoms with Crippen molar-refractivity contribution in [2.45, 2.75) is 19.9 Å². The highest BCUT2D eigenvalue weighted by atomic mass is 19.2. The maximum absolute atomic E-state index is 13.7. The fraction of sp³-hybridized carbons (Fsp3) is 0.263. The Kier molecular flexibility index (Phi) is 4.97. The molecule has 4 nitrogen and oxygen atoms in total. The van der Waals surface area contributed by atoms with Gasteiger partial charge in [0.1, 0.15) is 0 Å². The quantitative estimate of drug-likeness (QED) is 0.848. The van der Waals surface area contributed by atoms with E-state index >= 15 is 0 Å². The number of carbonyl (C=O) groups is 2. The van der Waals surface area contributed by atoms with E-state index < -0.39 is 35.0 Å². The van der Waals surface area contributed by atoms with Gasteiger partial charge in [0.15, 0.2) is 17.5 Å². The SMILES string of the molecule is Cc1cccc(CN2CC(C(=O)Nc3ccc(F)c(F)c3F)CC2=O)c1. The van der Waals surface area contributed by atoms with Gasteiger partial charge >= 0.3 is 0 Å². The highest BCUT2D eigenvalue weighted by molar-refractivity contribution is 5.97. The molecule has 2 aromatic rings. The Bertz CT molecular complexity index is 870. The molecule has 0 spiro atoms. The Morgan fingerprint density at radius 1 is 1.19 bits per heavy atom. The average Bonchev–Trinajstić information content (AvgIpc) is 2.96. The summed E-state index contributed by atoms with van der Waals surface area (Å²) in [7, 11) is 0. The normalized spacial score (nSPS) is 16.8. The van der Waals surface area contributed by atoms with Crippen molar-refractivity contribution in [2.24, 2.45) is 5.92 Å². The fourth-order valence-corrected chi connectivity index (χ4v) is 2.99. The van der Waals surface area contributed by atoms with Crippen LogP contribution in [0.1, 0.15) is 17.5 Å². The fourth-order valence-electron chi connectivity index (χ4n) is 2.99. The minimum Gasteiger partial charge on any atom is -0.338 e. The summed E-state index contributed by atoms with van der Waals surface area (Å²) in [6.07, 6.45) is -0.0110. The number of hydrogen-bond donors (Lipinski definition) is 1. The molecule has 7 heteroatoms. The molecule has 1 fully saturated rings. The van der Waals surface area contributed by atoms with Crippen molar-refractivity contribution in [3.05, 3.63) is 65.0 Å². The minimum absolute atomic E-state index is 0.0110. The van der Waals surface area contributed by atoms with Crippen molar-refractivity contribution in [1.29, 1.82) is 0 Å². The maximum Gasteiger partial charge on any atom is 0.229 e. The van der Waals surface area contributed by atoms with Crippen LogP contribution in [-0.2, 0) is 16.1 Å². The number of benzene rings is 2. The van der Waals surface area contributed by atoms with Crippen molar-refractivity contribution in [2.75, 3.05) is 11.9 Å². The van der Waals surface area contributed by atoms with Crippen LogP contribution in [0.3, 0.4) is 0 Å². The van der Waals surface area contributed by atoms with Crippen LogP contribution in [-0.4, -0.2) is 23.3 Å². The molecule has 0 saturated carbocycles. The lowest BCUT2D eigenvalue weighted by molar-refractivity contribution is -0.128. The Morgan fingerprint density at radius 3 is 2.69 bits per heavy atom. The van der Waals surface area contributed by atoms with E-state index in [-0.39, 0.29) is 18.9 Å². The lowest BCUT2D eigenvalue weighted by atomic mass is 10.1. The van der Waals surface area contributed by atoms with Crippen LogP contribution in [0.15, 0.2) is 36.4 Å². The van der Waals surface area contributed by atoms with Crippen LogP contribution in [0.5, 0.6) is 0 Å². The van der Waals surface area contributed by atoms with Crippen molar-refractivity contribution < 1.29 is 22.8 Å². The van der Waals surface area contributed by atoms with Crippen molar-refractivity contribution in [3.8, 4) is 0 Å². The van der Waals surface area contributed by atoms with Gasteiger partial charge in [-0.25, -0.2) is 13.2 Å². The molecule has 0 bridgehead atoms. The number of nitrogens with one attached hydrogen (secondary N) is 1. The van der Waals surface area contributed by atoms with Gasteiger partial charge in [-0.15, -0.1) is 0 Å². The average molecular weight is 362 g/mol. The molecule has 1 N–H and O–H groups in total. The number of rotatable bonds is 4. The molecular formula is C19H17F3N2O2. The van der Waals surface area contributed by atoms with Gasteiger partial charge in [0.05, 0.1) is 11.6 Å². The molecule has 1 heterocycles. The predicted octanol–water partition coefficient (Wildman–Crippen LogP) is 3.40. The number of nitrogens with zero attached hydrogens (tertiary/aromatic N) is 1. The highest BCUT2D eigenvalue weighted by Crippen LogP contribution is 2.24. The molecule has 0 radical (unpaired) electrons. The van der Waals surface area contributed by atoms with Gasteiger partial charge in [-0.3, -0.25) is 9.59 Å². The number of carbonyl (C=O) groups excluding carboxylic acids is 2. The number of anilines is 1. The summed E-state index contributed by atoms with van der Waals surface area (Å²) in [5.41, 5.74) is 1.57. The van der Waals surface area contributed by atoms with E-state index in [0.717, 1.165) is 23.3 Å². The maximum atomic E-state index is 13.7. The summed E-state index contributed by atoms with van der Waals surface area (Å²) in [4.78, 5) is 26.0. The third-order valence-corrected chi connectivity index (χ3v) is 4.33. The van der Waals surface area contributed by atoms with E-state index in [2.05, 4.69) is 5.32 Å². The predicted molar refractivity (Wildman–Crippen MR) is 89.6 cm³/mol. The monoisotopic (exact) mass is 362 g/mol. The standard InChI is InChI=1S/C19H17F3N2O2/c1-11-3-2-4-12(7-11)9-24-10-13(8-16(24)25)19(26)23-15-6-5-14(20)17(21)18(15)22/h2-7,13H,8-10H2,1H3,(H,23,26). The Balaban J connectivity index is 1.66. The molecule has 2 aromatic carbocycles. The van der Waals surface area contributed by atoms with Gasteiger partial charge in [-0.1, -0.05) is 29.8 Å². The third-order valence-electron chi connectivity index (χ3n) is 4.33. The van der Waals surface area contributed by atoms with E-state index in [1.807, 2.05) is 31.2 Å². The first kappa shape index (κ1) is 18.0. The molecule has 0 aliphatic carbocycles. The summed E-state index contributed by atoms with van der Waals surface area (Å²) in [5.74, 6) is -5.90. The molecule has 1 atom stereocenters. The Morgan fingerprint density at radius 2 is 1.96 bits per heavy atom. The van der Waals surface area contributed by atoms with Crippen LogP contribution in [0.4, 0.5) is 18.9 Å². The van der Waals surface area contributed by atoms with Crippen LogP contribution in [0.25, 0.3) is 0 Å². The Labute approximate surface area is 148 Å². The zero-order valence-electron chi connectivity index (χ0n) is 14.1. The van der Waals surface area contributed by atoms with Crippen LogP contribution < -0.4 is 5.32 Å². The summed E-state index contributed by atoms with van der Waals surface area (Å²) < 4.78 is 39.9. The first-order valence-corrected chi connectivity index (χ1v) is 8.13. The van der Waals surface area contributed by atoms with Crippen molar-refractivity contribution >= 4 is 17.5 Å². The van der Waals surface area contributed by atoms with Crippen LogP contribution >= 0.6 is 0 Å². The highest BCUT2D eigenvalue weighted by Gasteiger charge is 2.34. The van der Waals surface area contributed by atoms with Gasteiger partial charge in [-0.05, 0) is 24.6 Å². The zero-order valence-corrected chi connectivity index (χ0v) is 14.1. The van der Waals surface area contributed by atoms with Crippen LogP contribution in [0.2, 0.25) is 0 Å². The van der Waals surface area contributed by atoms with Crippen molar-refractivity contribution in [3.63, 3.8) is 0 Å². The summed E-state index contributed by atoms with van der Waals surface area (Å²) in [6, 6.07) is 9.37. The second-order valence-corrected chi connectivity index (χ2v) is 6.38. The molecule has 1 aliphatic heterocycles. The molecule has 2 amide bonds. The van der Waals surface area contributed by atoms with Gasteiger partial charge in [-0.2, -0.15) is 0 Å².